The number of para-hydroxylation sites is 2. The van der Waals surface area contributed by atoms with E-state index < -0.39 is 0 Å². The van der Waals surface area contributed by atoms with Crippen LogP contribution in [-0.4, -0.2) is 19.5 Å². The van der Waals surface area contributed by atoms with Crippen molar-refractivity contribution in [3.05, 3.63) is 169 Å². The van der Waals surface area contributed by atoms with Crippen LogP contribution in [0.15, 0.2) is 162 Å². The number of aromatic nitrogens is 4. The smallest absolute Gasteiger partial charge is 0.164 e. The zero-order valence-corrected chi connectivity index (χ0v) is 29.2. The van der Waals surface area contributed by atoms with Crippen molar-refractivity contribution in [3.63, 3.8) is 0 Å². The molecule has 0 saturated carbocycles. The van der Waals surface area contributed by atoms with Gasteiger partial charge in [-0.05, 0) is 70.8 Å². The van der Waals surface area contributed by atoms with E-state index in [0.717, 1.165) is 55.3 Å². The van der Waals surface area contributed by atoms with E-state index in [4.69, 9.17) is 19.4 Å². The number of hydrogen-bond donors (Lipinski definition) is 0. The highest BCUT2D eigenvalue weighted by Crippen LogP contribution is 2.49. The molecule has 0 amide bonds. The van der Waals surface area contributed by atoms with Crippen molar-refractivity contribution in [1.29, 1.82) is 0 Å². The minimum absolute atomic E-state index is 0.126. The summed E-state index contributed by atoms with van der Waals surface area (Å²) < 4.78 is 8.66. The van der Waals surface area contributed by atoms with Crippen LogP contribution in [0.5, 0.6) is 0 Å². The first-order chi connectivity index (χ1) is 26.0. The minimum atomic E-state index is -0.126. The Morgan fingerprint density at radius 2 is 1.06 bits per heavy atom. The molecular weight excluding hydrogens is 649 g/mol. The van der Waals surface area contributed by atoms with E-state index in [1.54, 1.807) is 0 Å². The van der Waals surface area contributed by atoms with Crippen LogP contribution in [0.4, 0.5) is 0 Å². The van der Waals surface area contributed by atoms with Crippen LogP contribution in [0, 0.1) is 0 Å². The molecule has 0 radical (unpaired) electrons. The van der Waals surface area contributed by atoms with Crippen LogP contribution in [0.1, 0.15) is 25.0 Å². The summed E-state index contributed by atoms with van der Waals surface area (Å²) in [6.07, 6.45) is 0. The lowest BCUT2D eigenvalue weighted by atomic mass is 9.82. The molecule has 3 heterocycles. The van der Waals surface area contributed by atoms with E-state index in [2.05, 4.69) is 146 Å². The third-order valence-corrected chi connectivity index (χ3v) is 11.1. The van der Waals surface area contributed by atoms with Gasteiger partial charge >= 0.3 is 0 Å². The Kier molecular flexibility index (Phi) is 6.23. The number of fused-ring (bicyclic) bond motifs is 9. The van der Waals surface area contributed by atoms with E-state index in [1.165, 1.54) is 33.0 Å². The Morgan fingerprint density at radius 3 is 1.87 bits per heavy atom. The number of hydrogen-bond acceptors (Lipinski definition) is 4. The van der Waals surface area contributed by atoms with Gasteiger partial charge in [0.15, 0.2) is 17.5 Å². The third-order valence-electron chi connectivity index (χ3n) is 11.1. The molecule has 0 bridgehead atoms. The molecule has 0 aliphatic heterocycles. The molecule has 5 heteroatoms. The summed E-state index contributed by atoms with van der Waals surface area (Å²) in [4.78, 5) is 15.2. The predicted molar refractivity (Wildman–Crippen MR) is 215 cm³/mol. The number of rotatable bonds is 4. The van der Waals surface area contributed by atoms with E-state index in [9.17, 15) is 0 Å². The molecule has 0 saturated heterocycles. The van der Waals surface area contributed by atoms with Gasteiger partial charge in [0.2, 0.25) is 0 Å². The van der Waals surface area contributed by atoms with Crippen molar-refractivity contribution >= 4 is 43.7 Å². The van der Waals surface area contributed by atoms with Crippen molar-refractivity contribution in [2.45, 2.75) is 19.3 Å². The lowest BCUT2D eigenvalue weighted by molar-refractivity contribution is 0.660. The van der Waals surface area contributed by atoms with Crippen molar-refractivity contribution in [3.8, 4) is 51.0 Å². The molecule has 11 rings (SSSR count). The molecule has 10 aromatic rings. The Balaban J connectivity index is 1.05. The van der Waals surface area contributed by atoms with Crippen LogP contribution in [-0.2, 0) is 5.41 Å². The van der Waals surface area contributed by atoms with Crippen LogP contribution in [0.25, 0.3) is 94.7 Å². The van der Waals surface area contributed by atoms with Crippen LogP contribution < -0.4 is 0 Å². The van der Waals surface area contributed by atoms with Gasteiger partial charge < -0.3 is 8.98 Å². The van der Waals surface area contributed by atoms with Crippen molar-refractivity contribution < 1.29 is 4.42 Å². The van der Waals surface area contributed by atoms with Crippen molar-refractivity contribution in [2.75, 3.05) is 0 Å². The quantitative estimate of drug-likeness (QED) is 0.186. The number of furan rings is 1. The standard InChI is InChI=1S/C48H32N4O/c1-48(2)39-17-9-6-14-33(39)34-25-22-31(26-40(34)48)47-50-45(29-12-4-3-5-13-29)49-46(51-47)30-20-23-32(24-21-30)52-41-18-10-7-15-35(41)37-27-38-36-16-8-11-19-43(36)53-44(38)28-42(37)52/h3-28H,1-2H3. The molecular formula is C48H32N4O. The zero-order chi connectivity index (χ0) is 35.3. The fourth-order valence-corrected chi connectivity index (χ4v) is 8.42. The zero-order valence-electron chi connectivity index (χ0n) is 29.2. The second kappa shape index (κ2) is 11.1. The Hall–Kier alpha value is -6.85. The summed E-state index contributed by atoms with van der Waals surface area (Å²) in [5.41, 5.74) is 13.0. The van der Waals surface area contributed by atoms with Crippen LogP contribution >= 0.6 is 0 Å². The summed E-state index contributed by atoms with van der Waals surface area (Å²) >= 11 is 0. The second-order valence-electron chi connectivity index (χ2n) is 14.5. The van der Waals surface area contributed by atoms with Gasteiger partial charge in [-0.3, -0.25) is 0 Å². The Bertz CT molecular complexity index is 3080. The highest BCUT2D eigenvalue weighted by molar-refractivity contribution is 6.17. The van der Waals surface area contributed by atoms with Gasteiger partial charge in [-0.2, -0.15) is 0 Å². The van der Waals surface area contributed by atoms with E-state index >= 15 is 0 Å². The van der Waals surface area contributed by atoms with Gasteiger partial charge in [-0.25, -0.2) is 15.0 Å². The summed E-state index contributed by atoms with van der Waals surface area (Å²) in [5.74, 6) is 1.94. The second-order valence-corrected chi connectivity index (χ2v) is 14.5. The highest BCUT2D eigenvalue weighted by atomic mass is 16.3. The van der Waals surface area contributed by atoms with E-state index in [1.807, 2.05) is 30.3 Å². The first kappa shape index (κ1) is 29.8. The topological polar surface area (TPSA) is 56.7 Å². The largest absolute Gasteiger partial charge is 0.456 e. The van der Waals surface area contributed by atoms with Gasteiger partial charge in [-0.15, -0.1) is 0 Å². The summed E-state index contributed by atoms with van der Waals surface area (Å²) in [7, 11) is 0. The normalized spacial score (nSPS) is 13.2. The monoisotopic (exact) mass is 680 g/mol. The van der Waals surface area contributed by atoms with Crippen LogP contribution in [0.3, 0.4) is 0 Å². The molecule has 0 fully saturated rings. The molecule has 0 spiro atoms. The maximum atomic E-state index is 6.34. The molecule has 250 valence electrons. The molecule has 7 aromatic carbocycles. The van der Waals surface area contributed by atoms with Gasteiger partial charge in [0, 0.05) is 55.4 Å². The maximum Gasteiger partial charge on any atom is 0.164 e. The lowest BCUT2D eigenvalue weighted by Gasteiger charge is -2.21. The van der Waals surface area contributed by atoms with Gasteiger partial charge in [0.05, 0.1) is 11.0 Å². The summed E-state index contributed by atoms with van der Waals surface area (Å²) in [6.45, 7) is 4.60. The first-order valence-corrected chi connectivity index (χ1v) is 18.0. The fourth-order valence-electron chi connectivity index (χ4n) is 8.42. The highest BCUT2D eigenvalue weighted by Gasteiger charge is 2.35. The molecule has 5 nitrogen and oxygen atoms in total. The molecule has 0 N–H and O–H groups in total. The minimum Gasteiger partial charge on any atom is -0.456 e. The number of benzene rings is 7. The van der Waals surface area contributed by atoms with E-state index in [-0.39, 0.29) is 5.41 Å². The fraction of sp³-hybridized carbons (Fsp3) is 0.0625. The van der Waals surface area contributed by atoms with Gasteiger partial charge in [0.25, 0.3) is 0 Å². The van der Waals surface area contributed by atoms with Crippen LogP contribution in [0.2, 0.25) is 0 Å². The van der Waals surface area contributed by atoms with Gasteiger partial charge in [0.1, 0.15) is 11.2 Å². The maximum absolute atomic E-state index is 6.34. The van der Waals surface area contributed by atoms with Gasteiger partial charge in [-0.1, -0.05) is 117 Å². The van der Waals surface area contributed by atoms with Crippen molar-refractivity contribution in [2.24, 2.45) is 0 Å². The molecule has 3 aromatic heterocycles. The predicted octanol–water partition coefficient (Wildman–Crippen LogP) is 12.2. The Labute approximate surface area is 305 Å². The Morgan fingerprint density at radius 1 is 0.434 bits per heavy atom. The molecule has 0 unspecified atom stereocenters. The average Bonchev–Trinajstić information content (AvgIpc) is 3.82. The summed E-state index contributed by atoms with van der Waals surface area (Å²) in [5, 5.41) is 4.65. The molecule has 0 atom stereocenters. The first-order valence-electron chi connectivity index (χ1n) is 18.0. The molecule has 53 heavy (non-hydrogen) atoms. The summed E-state index contributed by atoms with van der Waals surface area (Å²) in [6, 6.07) is 55.4. The average molecular weight is 681 g/mol. The molecule has 1 aliphatic rings. The van der Waals surface area contributed by atoms with Crippen molar-refractivity contribution in [1.82, 2.24) is 19.5 Å². The van der Waals surface area contributed by atoms with E-state index in [0.29, 0.717) is 17.5 Å². The number of nitrogens with zero attached hydrogens (tertiary/aromatic N) is 4. The third kappa shape index (κ3) is 4.47. The lowest BCUT2D eigenvalue weighted by Crippen LogP contribution is -2.15. The molecule has 1 aliphatic carbocycles. The SMILES string of the molecule is CC1(C)c2ccccc2-c2ccc(-c3nc(-c4ccccc4)nc(-c4ccc(-n5c6ccccc6c6cc7c(cc65)oc5ccccc57)cc4)n3)cc21.